The molecule has 106 valence electrons. The smallest absolute Gasteiger partial charge is 0.233 e. The highest BCUT2D eigenvalue weighted by Gasteiger charge is 2.20. The molecule has 1 N–H and O–H groups in total. The SMILES string of the molecule is C[C@@H](Sc1cccc2cccnc12)C(=O)NC(C)(C)C. The van der Waals surface area contributed by atoms with Gasteiger partial charge in [0.05, 0.1) is 10.8 Å². The van der Waals surface area contributed by atoms with E-state index in [0.717, 1.165) is 15.8 Å². The molecular formula is C16H20N2OS. The average molecular weight is 288 g/mol. The van der Waals surface area contributed by atoms with Crippen molar-refractivity contribution in [1.82, 2.24) is 10.3 Å². The predicted molar refractivity (Wildman–Crippen MR) is 85.0 cm³/mol. The molecule has 0 saturated heterocycles. The van der Waals surface area contributed by atoms with Gasteiger partial charge in [0.1, 0.15) is 0 Å². The van der Waals surface area contributed by atoms with Crippen LogP contribution in [-0.2, 0) is 4.79 Å². The Hall–Kier alpha value is -1.55. The third kappa shape index (κ3) is 3.73. The summed E-state index contributed by atoms with van der Waals surface area (Å²) in [5.41, 5.74) is 0.749. The van der Waals surface area contributed by atoms with Crippen LogP contribution >= 0.6 is 11.8 Å². The average Bonchev–Trinajstić information content (AvgIpc) is 2.37. The maximum absolute atomic E-state index is 12.1. The van der Waals surface area contributed by atoms with E-state index in [1.165, 1.54) is 0 Å². The van der Waals surface area contributed by atoms with Crippen molar-refractivity contribution >= 4 is 28.6 Å². The zero-order valence-electron chi connectivity index (χ0n) is 12.3. The van der Waals surface area contributed by atoms with Gasteiger partial charge in [-0.3, -0.25) is 9.78 Å². The van der Waals surface area contributed by atoms with E-state index in [1.807, 2.05) is 58.0 Å². The number of nitrogens with zero attached hydrogens (tertiary/aromatic N) is 1. The Labute approximate surface area is 124 Å². The number of pyridine rings is 1. The van der Waals surface area contributed by atoms with Crippen molar-refractivity contribution in [1.29, 1.82) is 0 Å². The van der Waals surface area contributed by atoms with Crippen LogP contribution in [0, 0.1) is 0 Å². The number of carbonyl (C=O) groups excluding carboxylic acids is 1. The minimum absolute atomic E-state index is 0.0513. The lowest BCUT2D eigenvalue weighted by atomic mass is 10.1. The molecule has 1 heterocycles. The molecule has 1 amide bonds. The minimum atomic E-state index is -0.205. The fourth-order valence-corrected chi connectivity index (χ4v) is 2.87. The van der Waals surface area contributed by atoms with Crippen LogP contribution in [0.4, 0.5) is 0 Å². The Morgan fingerprint density at radius 2 is 1.95 bits per heavy atom. The number of rotatable bonds is 3. The molecule has 1 atom stereocenters. The molecule has 0 saturated carbocycles. The standard InChI is InChI=1S/C16H20N2OS/c1-11(15(19)18-16(2,3)4)20-13-9-5-7-12-8-6-10-17-14(12)13/h5-11H,1-4H3,(H,18,19)/t11-/m1/s1. The van der Waals surface area contributed by atoms with Crippen molar-refractivity contribution in [2.75, 3.05) is 0 Å². The number of carbonyl (C=O) groups is 1. The quantitative estimate of drug-likeness (QED) is 0.877. The molecule has 0 fully saturated rings. The minimum Gasteiger partial charge on any atom is -0.351 e. The van der Waals surface area contributed by atoms with Crippen LogP contribution in [-0.4, -0.2) is 21.7 Å². The van der Waals surface area contributed by atoms with Gasteiger partial charge in [-0.15, -0.1) is 11.8 Å². The van der Waals surface area contributed by atoms with Gasteiger partial charge in [0.2, 0.25) is 5.91 Å². The van der Waals surface area contributed by atoms with Crippen LogP contribution in [0.15, 0.2) is 41.4 Å². The van der Waals surface area contributed by atoms with Crippen molar-refractivity contribution in [3.05, 3.63) is 36.5 Å². The van der Waals surface area contributed by atoms with Crippen LogP contribution in [0.2, 0.25) is 0 Å². The molecule has 0 spiro atoms. The molecule has 0 aliphatic carbocycles. The molecule has 3 nitrogen and oxygen atoms in total. The Morgan fingerprint density at radius 3 is 2.65 bits per heavy atom. The molecule has 0 aliphatic heterocycles. The molecule has 0 radical (unpaired) electrons. The molecule has 2 aromatic rings. The van der Waals surface area contributed by atoms with Gasteiger partial charge in [0.25, 0.3) is 0 Å². The maximum Gasteiger partial charge on any atom is 0.233 e. The monoisotopic (exact) mass is 288 g/mol. The Balaban J connectivity index is 2.18. The highest BCUT2D eigenvalue weighted by atomic mass is 32.2. The zero-order valence-corrected chi connectivity index (χ0v) is 13.1. The lowest BCUT2D eigenvalue weighted by Gasteiger charge is -2.23. The van der Waals surface area contributed by atoms with E-state index >= 15 is 0 Å². The summed E-state index contributed by atoms with van der Waals surface area (Å²) in [6, 6.07) is 10.0. The summed E-state index contributed by atoms with van der Waals surface area (Å²) in [6.07, 6.45) is 1.78. The fraction of sp³-hybridized carbons (Fsp3) is 0.375. The summed E-state index contributed by atoms with van der Waals surface area (Å²) in [4.78, 5) is 17.6. The molecule has 1 aromatic carbocycles. The van der Waals surface area contributed by atoms with Crippen molar-refractivity contribution in [3.63, 3.8) is 0 Å². The van der Waals surface area contributed by atoms with E-state index in [9.17, 15) is 4.79 Å². The third-order valence-electron chi connectivity index (χ3n) is 2.77. The van der Waals surface area contributed by atoms with Crippen LogP contribution in [0.25, 0.3) is 10.9 Å². The summed E-state index contributed by atoms with van der Waals surface area (Å²) < 4.78 is 0. The van der Waals surface area contributed by atoms with Crippen LogP contribution in [0.3, 0.4) is 0 Å². The number of thioether (sulfide) groups is 1. The highest BCUT2D eigenvalue weighted by Crippen LogP contribution is 2.29. The molecular weight excluding hydrogens is 268 g/mol. The molecule has 20 heavy (non-hydrogen) atoms. The molecule has 0 bridgehead atoms. The van der Waals surface area contributed by atoms with Crippen molar-refractivity contribution in [2.45, 2.75) is 43.4 Å². The van der Waals surface area contributed by atoms with Gasteiger partial charge in [-0.25, -0.2) is 0 Å². The number of amides is 1. The van der Waals surface area contributed by atoms with Gasteiger partial charge in [-0.05, 0) is 39.8 Å². The summed E-state index contributed by atoms with van der Waals surface area (Å²) in [5.74, 6) is 0.0513. The zero-order chi connectivity index (χ0) is 14.8. The Bertz CT molecular complexity index is 614. The molecule has 4 heteroatoms. The van der Waals surface area contributed by atoms with Crippen molar-refractivity contribution in [2.24, 2.45) is 0 Å². The molecule has 0 unspecified atom stereocenters. The van der Waals surface area contributed by atoms with Crippen LogP contribution in [0.5, 0.6) is 0 Å². The van der Waals surface area contributed by atoms with E-state index in [1.54, 1.807) is 18.0 Å². The number of nitrogens with one attached hydrogen (secondary N) is 1. The van der Waals surface area contributed by atoms with Gasteiger partial charge in [-0.2, -0.15) is 0 Å². The second-order valence-electron chi connectivity index (χ2n) is 5.83. The molecule has 1 aromatic heterocycles. The molecule has 2 rings (SSSR count). The second-order valence-corrected chi connectivity index (χ2v) is 7.21. The topological polar surface area (TPSA) is 42.0 Å². The van der Waals surface area contributed by atoms with Gasteiger partial charge in [-0.1, -0.05) is 18.2 Å². The van der Waals surface area contributed by atoms with Crippen LogP contribution in [0.1, 0.15) is 27.7 Å². The Kier molecular flexibility index (Phi) is 4.33. The number of fused-ring (bicyclic) bond motifs is 1. The first-order valence-electron chi connectivity index (χ1n) is 6.69. The van der Waals surface area contributed by atoms with Gasteiger partial charge >= 0.3 is 0 Å². The summed E-state index contributed by atoms with van der Waals surface area (Å²) in [5, 5.41) is 3.95. The molecule has 0 aliphatic rings. The number of benzene rings is 1. The van der Waals surface area contributed by atoms with E-state index in [0.29, 0.717) is 0 Å². The maximum atomic E-state index is 12.1. The van der Waals surface area contributed by atoms with E-state index in [2.05, 4.69) is 10.3 Å². The first-order chi connectivity index (χ1) is 9.37. The first kappa shape index (κ1) is 14.9. The lowest BCUT2D eigenvalue weighted by Crippen LogP contribution is -2.44. The Morgan fingerprint density at radius 1 is 1.25 bits per heavy atom. The van der Waals surface area contributed by atoms with E-state index in [-0.39, 0.29) is 16.7 Å². The fourth-order valence-electron chi connectivity index (χ4n) is 1.89. The number of aromatic nitrogens is 1. The normalized spacial score (nSPS) is 13.2. The highest BCUT2D eigenvalue weighted by molar-refractivity contribution is 8.00. The lowest BCUT2D eigenvalue weighted by molar-refractivity contribution is -0.121. The van der Waals surface area contributed by atoms with Crippen molar-refractivity contribution in [3.8, 4) is 0 Å². The summed E-state index contributed by atoms with van der Waals surface area (Å²) >= 11 is 1.55. The third-order valence-corrected chi connectivity index (χ3v) is 3.92. The van der Waals surface area contributed by atoms with Gasteiger partial charge in [0.15, 0.2) is 0 Å². The number of para-hydroxylation sites is 1. The number of hydrogen-bond donors (Lipinski definition) is 1. The second kappa shape index (κ2) is 5.83. The van der Waals surface area contributed by atoms with E-state index in [4.69, 9.17) is 0 Å². The van der Waals surface area contributed by atoms with Crippen LogP contribution < -0.4 is 5.32 Å². The largest absolute Gasteiger partial charge is 0.351 e. The van der Waals surface area contributed by atoms with Crippen molar-refractivity contribution < 1.29 is 4.79 Å². The van der Waals surface area contributed by atoms with Gasteiger partial charge < -0.3 is 5.32 Å². The van der Waals surface area contributed by atoms with E-state index < -0.39 is 0 Å². The number of hydrogen-bond acceptors (Lipinski definition) is 3. The van der Waals surface area contributed by atoms with Gasteiger partial charge in [0, 0.05) is 22.0 Å². The summed E-state index contributed by atoms with van der Waals surface area (Å²) in [7, 11) is 0. The first-order valence-corrected chi connectivity index (χ1v) is 7.57. The summed E-state index contributed by atoms with van der Waals surface area (Å²) in [6.45, 7) is 7.89. The predicted octanol–water partition coefficient (Wildman–Crippen LogP) is 3.63.